The second kappa shape index (κ2) is 6.63. The summed E-state index contributed by atoms with van der Waals surface area (Å²) in [5, 5.41) is 0.457. The van der Waals surface area contributed by atoms with Gasteiger partial charge in [0.05, 0.1) is 10.9 Å². The lowest BCUT2D eigenvalue weighted by Crippen LogP contribution is -2.47. The van der Waals surface area contributed by atoms with E-state index in [0.29, 0.717) is 10.9 Å². The topological polar surface area (TPSA) is 64.3 Å². The summed E-state index contributed by atoms with van der Waals surface area (Å²) < 4.78 is 2.49. The van der Waals surface area contributed by atoms with E-state index in [1.165, 1.54) is 11.6 Å². The highest BCUT2D eigenvalue weighted by atomic mass is 16.2. The Morgan fingerprint density at radius 3 is 2.71 bits per heavy atom. The number of carbonyl (C=O) groups is 1. The summed E-state index contributed by atoms with van der Waals surface area (Å²) in [6.45, 7) is 2.81. The van der Waals surface area contributed by atoms with E-state index in [1.807, 2.05) is 4.90 Å². The summed E-state index contributed by atoms with van der Waals surface area (Å²) >= 11 is 0. The molecule has 0 unspecified atom stereocenters. The summed E-state index contributed by atoms with van der Waals surface area (Å²) in [6, 6.07) is 7.20. The molecule has 24 heavy (non-hydrogen) atoms. The number of fused-ring (bicyclic) bond motifs is 1. The van der Waals surface area contributed by atoms with Gasteiger partial charge in [-0.15, -0.1) is 0 Å². The molecule has 1 aliphatic rings. The van der Waals surface area contributed by atoms with Crippen molar-refractivity contribution in [3.05, 3.63) is 45.1 Å². The Bertz CT molecular complexity index is 881. The molecule has 0 bridgehead atoms. The summed E-state index contributed by atoms with van der Waals surface area (Å²) in [7, 11) is 1.45. The van der Waals surface area contributed by atoms with Crippen molar-refractivity contribution in [2.45, 2.75) is 45.2 Å². The molecule has 1 amide bonds. The van der Waals surface area contributed by atoms with Gasteiger partial charge in [0.15, 0.2) is 0 Å². The summed E-state index contributed by atoms with van der Waals surface area (Å²) in [5.41, 5.74) is -0.259. The maximum absolute atomic E-state index is 12.8. The number of piperidine rings is 1. The molecule has 2 heterocycles. The van der Waals surface area contributed by atoms with Gasteiger partial charge < -0.3 is 4.90 Å². The van der Waals surface area contributed by atoms with Gasteiger partial charge in [0.2, 0.25) is 5.91 Å². The molecule has 0 aliphatic carbocycles. The number of hydrogen-bond donors (Lipinski definition) is 0. The normalized spacial score (nSPS) is 18.1. The van der Waals surface area contributed by atoms with Gasteiger partial charge in [-0.3, -0.25) is 18.7 Å². The summed E-state index contributed by atoms with van der Waals surface area (Å²) in [4.78, 5) is 39.5. The maximum Gasteiger partial charge on any atom is 0.331 e. The molecule has 128 valence electrons. The number of carbonyl (C=O) groups excluding carboxylic acids is 1. The van der Waals surface area contributed by atoms with Crippen LogP contribution in [0.15, 0.2) is 33.9 Å². The van der Waals surface area contributed by atoms with Crippen molar-refractivity contribution in [1.29, 1.82) is 0 Å². The average Bonchev–Trinajstić information content (AvgIpc) is 2.63. The zero-order chi connectivity index (χ0) is 17.3. The van der Waals surface area contributed by atoms with Crippen molar-refractivity contribution < 1.29 is 4.79 Å². The molecule has 1 atom stereocenters. The van der Waals surface area contributed by atoms with E-state index in [1.54, 1.807) is 24.3 Å². The maximum atomic E-state index is 12.8. The predicted octanol–water partition coefficient (Wildman–Crippen LogP) is 1.49. The van der Waals surface area contributed by atoms with Gasteiger partial charge in [0.25, 0.3) is 5.56 Å². The van der Waals surface area contributed by atoms with E-state index in [4.69, 9.17) is 0 Å². The Labute approximate surface area is 140 Å². The van der Waals surface area contributed by atoms with Crippen LogP contribution in [0.4, 0.5) is 0 Å². The van der Waals surface area contributed by atoms with E-state index in [0.717, 1.165) is 36.8 Å². The lowest BCUT2D eigenvalue weighted by Gasteiger charge is -2.35. The van der Waals surface area contributed by atoms with Gasteiger partial charge >= 0.3 is 5.69 Å². The zero-order valence-electron chi connectivity index (χ0n) is 14.2. The zero-order valence-corrected chi connectivity index (χ0v) is 14.2. The number of para-hydroxylation sites is 1. The highest BCUT2D eigenvalue weighted by Gasteiger charge is 2.26. The van der Waals surface area contributed by atoms with Crippen molar-refractivity contribution in [3.8, 4) is 0 Å². The van der Waals surface area contributed by atoms with Crippen molar-refractivity contribution in [1.82, 2.24) is 14.0 Å². The van der Waals surface area contributed by atoms with Crippen molar-refractivity contribution in [2.75, 3.05) is 6.54 Å². The fourth-order valence-corrected chi connectivity index (χ4v) is 3.57. The molecule has 1 aromatic heterocycles. The van der Waals surface area contributed by atoms with Crippen molar-refractivity contribution in [2.24, 2.45) is 7.05 Å². The SMILES string of the molecule is CC[C@@H]1CCCCN1C(=O)Cn1c(=O)n(C)c(=O)c2ccccc21. The highest BCUT2D eigenvalue weighted by molar-refractivity contribution is 5.81. The van der Waals surface area contributed by atoms with Crippen LogP contribution >= 0.6 is 0 Å². The number of hydrogen-bond acceptors (Lipinski definition) is 3. The Hall–Kier alpha value is -2.37. The first-order valence-corrected chi connectivity index (χ1v) is 8.52. The molecule has 0 saturated carbocycles. The van der Waals surface area contributed by atoms with Crippen LogP contribution in [-0.4, -0.2) is 32.5 Å². The number of likely N-dealkylation sites (tertiary alicyclic amines) is 1. The minimum atomic E-state index is -0.447. The highest BCUT2D eigenvalue weighted by Crippen LogP contribution is 2.20. The molecule has 3 rings (SSSR count). The van der Waals surface area contributed by atoms with E-state index in [-0.39, 0.29) is 24.1 Å². The van der Waals surface area contributed by atoms with Crippen LogP contribution in [0.3, 0.4) is 0 Å². The Morgan fingerprint density at radius 2 is 1.96 bits per heavy atom. The molecule has 2 aromatic rings. The van der Waals surface area contributed by atoms with Crippen LogP contribution in [-0.2, 0) is 18.4 Å². The standard InChI is InChI=1S/C18H23N3O3/c1-3-13-8-6-7-11-20(13)16(22)12-21-15-10-5-4-9-14(15)17(23)19(2)18(21)24/h4-5,9-10,13H,3,6-8,11-12H2,1-2H3/t13-/m1/s1. The van der Waals surface area contributed by atoms with Crippen LogP contribution < -0.4 is 11.2 Å². The number of rotatable bonds is 3. The van der Waals surface area contributed by atoms with Gasteiger partial charge in [-0.1, -0.05) is 19.1 Å². The molecule has 1 aliphatic heterocycles. The van der Waals surface area contributed by atoms with Crippen LogP contribution in [0.5, 0.6) is 0 Å². The summed E-state index contributed by atoms with van der Waals surface area (Å²) in [6.07, 6.45) is 4.09. The minimum absolute atomic E-state index is 0.0238. The van der Waals surface area contributed by atoms with E-state index >= 15 is 0 Å². The molecule has 6 nitrogen and oxygen atoms in total. The fourth-order valence-electron chi connectivity index (χ4n) is 3.57. The molecule has 0 radical (unpaired) electrons. The minimum Gasteiger partial charge on any atom is -0.338 e. The van der Waals surface area contributed by atoms with Crippen LogP contribution in [0.1, 0.15) is 32.6 Å². The smallest absolute Gasteiger partial charge is 0.331 e. The van der Waals surface area contributed by atoms with Gasteiger partial charge in [-0.2, -0.15) is 0 Å². The molecule has 1 saturated heterocycles. The molecule has 0 spiro atoms. The van der Waals surface area contributed by atoms with Gasteiger partial charge in [-0.05, 0) is 37.8 Å². The lowest BCUT2D eigenvalue weighted by atomic mass is 10.00. The third kappa shape index (κ3) is 2.77. The largest absolute Gasteiger partial charge is 0.338 e. The molecular formula is C18H23N3O3. The van der Waals surface area contributed by atoms with E-state index < -0.39 is 5.69 Å². The van der Waals surface area contributed by atoms with Gasteiger partial charge in [0, 0.05) is 19.6 Å². The lowest BCUT2D eigenvalue weighted by molar-refractivity contribution is -0.135. The van der Waals surface area contributed by atoms with Gasteiger partial charge in [0.1, 0.15) is 6.54 Å². The van der Waals surface area contributed by atoms with Crippen LogP contribution in [0.2, 0.25) is 0 Å². The van der Waals surface area contributed by atoms with Crippen LogP contribution in [0.25, 0.3) is 10.9 Å². The number of benzene rings is 1. The number of aromatic nitrogens is 2. The second-order valence-electron chi connectivity index (χ2n) is 6.40. The molecule has 1 fully saturated rings. The molecule has 0 N–H and O–H groups in total. The first-order valence-electron chi connectivity index (χ1n) is 8.52. The third-order valence-corrected chi connectivity index (χ3v) is 4.96. The Balaban J connectivity index is 2.02. The second-order valence-corrected chi connectivity index (χ2v) is 6.40. The number of amides is 1. The first-order chi connectivity index (χ1) is 11.5. The monoisotopic (exact) mass is 329 g/mol. The van der Waals surface area contributed by atoms with Gasteiger partial charge in [-0.25, -0.2) is 4.79 Å². The molecule has 6 heteroatoms. The van der Waals surface area contributed by atoms with E-state index in [2.05, 4.69) is 6.92 Å². The van der Waals surface area contributed by atoms with Crippen molar-refractivity contribution >= 4 is 16.8 Å². The van der Waals surface area contributed by atoms with Crippen molar-refractivity contribution in [3.63, 3.8) is 0 Å². The Kier molecular flexibility index (Phi) is 4.55. The quantitative estimate of drug-likeness (QED) is 0.857. The molecule has 1 aromatic carbocycles. The molecular weight excluding hydrogens is 306 g/mol. The average molecular weight is 329 g/mol. The third-order valence-electron chi connectivity index (χ3n) is 4.96. The van der Waals surface area contributed by atoms with Crippen LogP contribution in [0, 0.1) is 0 Å². The number of nitrogens with zero attached hydrogens (tertiary/aromatic N) is 3. The first kappa shape index (κ1) is 16.5. The van der Waals surface area contributed by atoms with E-state index in [9.17, 15) is 14.4 Å². The summed E-state index contributed by atoms with van der Waals surface area (Å²) in [5.74, 6) is -0.0487. The Morgan fingerprint density at radius 1 is 1.21 bits per heavy atom. The predicted molar refractivity (Wildman–Crippen MR) is 93.1 cm³/mol. The fraction of sp³-hybridized carbons (Fsp3) is 0.500.